The number of carbonyl (C=O) groups is 1. The van der Waals surface area contributed by atoms with Gasteiger partial charge in [-0.25, -0.2) is 0 Å². The van der Waals surface area contributed by atoms with Gasteiger partial charge in [-0.1, -0.05) is 71.4 Å². The van der Waals surface area contributed by atoms with Crippen LogP contribution in [0.4, 0.5) is 5.95 Å². The molecule has 0 saturated heterocycles. The summed E-state index contributed by atoms with van der Waals surface area (Å²) in [6.45, 7) is 4.10. The summed E-state index contributed by atoms with van der Waals surface area (Å²) in [6, 6.07) is 16.4. The molecule has 0 radical (unpaired) electrons. The number of aromatic nitrogens is 5. The van der Waals surface area contributed by atoms with Crippen LogP contribution in [0, 0.1) is 13.8 Å². The molecule has 32 heavy (non-hydrogen) atoms. The zero-order valence-corrected chi connectivity index (χ0v) is 19.7. The first kappa shape index (κ1) is 20.8. The molecule has 1 N–H and O–H groups in total. The highest BCUT2D eigenvalue weighted by molar-refractivity contribution is 7.99. The number of thiazole rings is 1. The molecule has 2 aromatic carbocycles. The van der Waals surface area contributed by atoms with Crippen molar-refractivity contribution >= 4 is 51.4 Å². The normalized spacial score (nSPS) is 11.2. The lowest BCUT2D eigenvalue weighted by atomic mass is 10.1. The number of hydrogen-bond acceptors (Lipinski definition) is 8. The number of rotatable bonds is 6. The van der Waals surface area contributed by atoms with E-state index < -0.39 is 0 Å². The van der Waals surface area contributed by atoms with E-state index >= 15 is 0 Å². The third-order valence-electron chi connectivity index (χ3n) is 4.78. The molecule has 0 atom stereocenters. The van der Waals surface area contributed by atoms with Crippen LogP contribution >= 0.6 is 34.6 Å². The highest BCUT2D eigenvalue weighted by Gasteiger charge is 2.16. The smallest absolute Gasteiger partial charge is 0.241 e. The van der Waals surface area contributed by atoms with Crippen molar-refractivity contribution in [3.05, 3.63) is 65.0 Å². The highest BCUT2D eigenvalue weighted by atomic mass is 32.2. The van der Waals surface area contributed by atoms with Crippen molar-refractivity contribution in [1.82, 2.24) is 24.0 Å². The average Bonchev–Trinajstić information content (AvgIpc) is 3.51. The molecule has 7 nitrogen and oxygen atoms in total. The quantitative estimate of drug-likeness (QED) is 0.332. The molecule has 160 valence electrons. The van der Waals surface area contributed by atoms with Crippen molar-refractivity contribution in [2.24, 2.45) is 0 Å². The summed E-state index contributed by atoms with van der Waals surface area (Å²) >= 11 is 4.13. The zero-order chi connectivity index (χ0) is 22.1. The summed E-state index contributed by atoms with van der Waals surface area (Å²) in [5.41, 5.74) is 5.47. The minimum atomic E-state index is -0.188. The van der Waals surface area contributed by atoms with Crippen molar-refractivity contribution < 1.29 is 4.79 Å². The Balaban J connectivity index is 1.27. The topological polar surface area (TPSA) is 85.1 Å². The van der Waals surface area contributed by atoms with Crippen molar-refractivity contribution in [1.29, 1.82) is 0 Å². The fraction of sp³-hybridized carbons (Fsp3) is 0.136. The van der Waals surface area contributed by atoms with Crippen molar-refractivity contribution in [3.8, 4) is 21.8 Å². The first-order chi connectivity index (χ1) is 15.6. The summed E-state index contributed by atoms with van der Waals surface area (Å²) in [4.78, 5) is 17.7. The second-order valence-corrected chi connectivity index (χ2v) is 9.74. The van der Waals surface area contributed by atoms with Crippen LogP contribution in [-0.2, 0) is 4.79 Å². The van der Waals surface area contributed by atoms with Gasteiger partial charge in [-0.2, -0.15) is 9.36 Å². The second kappa shape index (κ2) is 8.81. The van der Waals surface area contributed by atoms with Crippen LogP contribution in [0.3, 0.4) is 0 Å². The average molecular weight is 479 g/mol. The SMILES string of the molecule is Cc1ccc(-c2nc(NC(=O)CSc3nnc4scc(-c5ccc(C)cc5)n34)ns2)cc1. The Bertz CT molecular complexity index is 1390. The summed E-state index contributed by atoms with van der Waals surface area (Å²) in [5.74, 6) is 0.314. The number of nitrogens with zero attached hydrogens (tertiary/aromatic N) is 5. The Hall–Kier alpha value is -3.08. The summed E-state index contributed by atoms with van der Waals surface area (Å²) in [7, 11) is 0. The second-order valence-electron chi connectivity index (χ2n) is 7.21. The number of carbonyl (C=O) groups excluding carboxylic acids is 1. The molecule has 5 aromatic rings. The predicted molar refractivity (Wildman–Crippen MR) is 130 cm³/mol. The molecule has 0 saturated carbocycles. The Morgan fingerprint density at radius 2 is 1.69 bits per heavy atom. The summed E-state index contributed by atoms with van der Waals surface area (Å²) in [5, 5.41) is 14.8. The number of nitrogens with one attached hydrogen (secondary N) is 1. The lowest BCUT2D eigenvalue weighted by molar-refractivity contribution is -0.113. The van der Waals surface area contributed by atoms with Crippen LogP contribution in [0.2, 0.25) is 0 Å². The van der Waals surface area contributed by atoms with Gasteiger partial charge in [0.05, 0.1) is 11.4 Å². The third-order valence-corrected chi connectivity index (χ3v) is 7.29. The van der Waals surface area contributed by atoms with Crippen LogP contribution in [-0.4, -0.2) is 35.6 Å². The fourth-order valence-corrected chi connectivity index (χ4v) is 5.36. The lowest BCUT2D eigenvalue weighted by Gasteiger charge is -2.04. The number of hydrogen-bond donors (Lipinski definition) is 1. The van der Waals surface area contributed by atoms with E-state index in [9.17, 15) is 4.79 Å². The molecule has 0 aliphatic heterocycles. The Morgan fingerprint density at radius 1 is 1.00 bits per heavy atom. The van der Waals surface area contributed by atoms with Gasteiger partial charge in [0.1, 0.15) is 5.01 Å². The zero-order valence-electron chi connectivity index (χ0n) is 17.3. The monoisotopic (exact) mass is 478 g/mol. The maximum atomic E-state index is 12.5. The molecule has 5 rings (SSSR count). The molecular formula is C22H18N6OS3. The molecule has 0 spiro atoms. The Labute approximate surface area is 196 Å². The van der Waals surface area contributed by atoms with Crippen molar-refractivity contribution in [2.75, 3.05) is 11.1 Å². The maximum absolute atomic E-state index is 12.5. The first-order valence-corrected chi connectivity index (χ1v) is 12.4. The molecule has 1 amide bonds. The largest absolute Gasteiger partial charge is 0.293 e. The predicted octanol–water partition coefficient (Wildman–Crippen LogP) is 5.32. The number of amides is 1. The number of anilines is 1. The Morgan fingerprint density at radius 3 is 2.41 bits per heavy atom. The van der Waals surface area contributed by atoms with Gasteiger partial charge in [-0.15, -0.1) is 21.5 Å². The van der Waals surface area contributed by atoms with E-state index in [0.29, 0.717) is 11.1 Å². The molecule has 0 aliphatic rings. The van der Waals surface area contributed by atoms with Gasteiger partial charge in [0, 0.05) is 10.9 Å². The van der Waals surface area contributed by atoms with Crippen LogP contribution in [0.25, 0.3) is 26.8 Å². The first-order valence-electron chi connectivity index (χ1n) is 9.80. The number of benzene rings is 2. The van der Waals surface area contributed by atoms with E-state index in [1.807, 2.05) is 35.6 Å². The van der Waals surface area contributed by atoms with Gasteiger partial charge in [0.15, 0.2) is 5.16 Å². The third kappa shape index (κ3) is 4.29. The molecule has 0 unspecified atom stereocenters. The molecule has 0 fully saturated rings. The van der Waals surface area contributed by atoms with Gasteiger partial charge in [0.2, 0.25) is 16.8 Å². The van der Waals surface area contributed by atoms with Gasteiger partial charge in [-0.3, -0.25) is 14.5 Å². The molecule has 3 aromatic heterocycles. The van der Waals surface area contributed by atoms with E-state index in [1.165, 1.54) is 45.8 Å². The lowest BCUT2D eigenvalue weighted by Crippen LogP contribution is -2.15. The van der Waals surface area contributed by atoms with Crippen molar-refractivity contribution in [2.45, 2.75) is 19.0 Å². The molecule has 3 heterocycles. The summed E-state index contributed by atoms with van der Waals surface area (Å²) in [6.07, 6.45) is 0. The van der Waals surface area contributed by atoms with Crippen molar-refractivity contribution in [3.63, 3.8) is 0 Å². The molecular weight excluding hydrogens is 460 g/mol. The minimum Gasteiger partial charge on any atom is -0.293 e. The van der Waals surface area contributed by atoms with E-state index in [4.69, 9.17) is 0 Å². The van der Waals surface area contributed by atoms with Crippen LogP contribution < -0.4 is 5.32 Å². The molecule has 0 aliphatic carbocycles. The number of aryl methyl sites for hydroxylation is 2. The maximum Gasteiger partial charge on any atom is 0.241 e. The molecule has 10 heteroatoms. The van der Waals surface area contributed by atoms with Crippen LogP contribution in [0.15, 0.2) is 59.1 Å². The molecule has 0 bridgehead atoms. The Kier molecular flexibility index (Phi) is 5.73. The number of thioether (sulfide) groups is 1. The van der Waals surface area contributed by atoms with Gasteiger partial charge in [-0.05, 0) is 30.9 Å². The fourth-order valence-electron chi connectivity index (χ4n) is 3.09. The van der Waals surface area contributed by atoms with Gasteiger partial charge >= 0.3 is 0 Å². The summed E-state index contributed by atoms with van der Waals surface area (Å²) < 4.78 is 6.25. The van der Waals surface area contributed by atoms with E-state index in [2.05, 4.69) is 61.4 Å². The van der Waals surface area contributed by atoms with E-state index in [0.717, 1.165) is 26.8 Å². The van der Waals surface area contributed by atoms with E-state index in [-0.39, 0.29) is 11.7 Å². The van der Waals surface area contributed by atoms with E-state index in [1.54, 1.807) is 0 Å². The highest BCUT2D eigenvalue weighted by Crippen LogP contribution is 2.30. The van der Waals surface area contributed by atoms with Crippen LogP contribution in [0.1, 0.15) is 11.1 Å². The number of fused-ring (bicyclic) bond motifs is 1. The van der Waals surface area contributed by atoms with Gasteiger partial charge < -0.3 is 0 Å². The van der Waals surface area contributed by atoms with Gasteiger partial charge in [0.25, 0.3) is 0 Å². The minimum absolute atomic E-state index is 0.184. The van der Waals surface area contributed by atoms with Crippen LogP contribution in [0.5, 0.6) is 0 Å². The standard InChI is InChI=1S/C22H18N6OS3/c1-13-3-7-15(8-4-13)17-11-30-21-25-26-22(28(17)21)31-12-18(29)23-20-24-19(32-27-20)16-9-5-14(2)6-10-16/h3-11H,12H2,1-2H3,(H,23,27,29).